The summed E-state index contributed by atoms with van der Waals surface area (Å²) in [4.78, 5) is 2.37. The maximum absolute atomic E-state index is 5.85. The van der Waals surface area contributed by atoms with Crippen molar-refractivity contribution in [3.05, 3.63) is 18.0 Å². The number of alkyl halides is 1. The quantitative estimate of drug-likeness (QED) is 0.738. The van der Waals surface area contributed by atoms with E-state index in [0.29, 0.717) is 18.0 Å². The maximum Gasteiger partial charge on any atom is 0.0765 e. The van der Waals surface area contributed by atoms with E-state index in [1.807, 2.05) is 0 Å². The summed E-state index contributed by atoms with van der Waals surface area (Å²) in [6.07, 6.45) is 7.42. The molecule has 3 nitrogen and oxygen atoms in total. The lowest BCUT2D eigenvalue weighted by Gasteiger charge is -2.24. The zero-order chi connectivity index (χ0) is 13.0. The summed E-state index contributed by atoms with van der Waals surface area (Å²) in [5.41, 5.74) is 1.17. The van der Waals surface area contributed by atoms with Gasteiger partial charge in [-0.2, -0.15) is 5.10 Å². The Labute approximate surface area is 115 Å². The van der Waals surface area contributed by atoms with Crippen molar-refractivity contribution in [2.45, 2.75) is 58.2 Å². The minimum absolute atomic E-state index is 0.514. The summed E-state index contributed by atoms with van der Waals surface area (Å²) in [6, 6.07) is 3.31. The second kappa shape index (κ2) is 6.58. The number of rotatable bonds is 6. The van der Waals surface area contributed by atoms with Gasteiger partial charge >= 0.3 is 0 Å². The van der Waals surface area contributed by atoms with E-state index in [1.165, 1.54) is 31.4 Å². The van der Waals surface area contributed by atoms with Crippen molar-refractivity contribution in [1.29, 1.82) is 0 Å². The molecule has 0 atom stereocenters. The molecule has 1 heterocycles. The first kappa shape index (κ1) is 13.9. The Morgan fingerprint density at radius 3 is 2.78 bits per heavy atom. The van der Waals surface area contributed by atoms with E-state index in [2.05, 4.69) is 35.7 Å². The van der Waals surface area contributed by atoms with Gasteiger partial charge in [-0.25, -0.2) is 0 Å². The minimum atomic E-state index is 0.514. The molecule has 0 unspecified atom stereocenters. The summed E-state index contributed by atoms with van der Waals surface area (Å²) in [6.45, 7) is 6.25. The molecule has 2 rings (SSSR count). The Morgan fingerprint density at radius 2 is 2.17 bits per heavy atom. The van der Waals surface area contributed by atoms with Gasteiger partial charge in [-0.15, -0.1) is 11.6 Å². The zero-order valence-electron chi connectivity index (χ0n) is 11.5. The molecule has 0 saturated heterocycles. The average molecular weight is 270 g/mol. The number of nitrogens with zero attached hydrogens (tertiary/aromatic N) is 3. The summed E-state index contributed by atoms with van der Waals surface area (Å²) >= 11 is 5.85. The molecule has 1 saturated carbocycles. The highest BCUT2D eigenvalue weighted by atomic mass is 35.5. The lowest BCUT2D eigenvalue weighted by molar-refractivity contribution is 0.222. The van der Waals surface area contributed by atoms with Gasteiger partial charge in [-0.1, -0.05) is 12.8 Å². The third-order valence-corrected chi connectivity index (χ3v) is 4.00. The van der Waals surface area contributed by atoms with Crippen molar-refractivity contribution in [2.75, 3.05) is 12.4 Å². The van der Waals surface area contributed by atoms with Gasteiger partial charge in [0.05, 0.1) is 11.7 Å². The second-order valence-corrected chi connectivity index (χ2v) is 5.86. The number of hydrogen-bond donors (Lipinski definition) is 0. The van der Waals surface area contributed by atoms with Gasteiger partial charge in [0, 0.05) is 31.2 Å². The maximum atomic E-state index is 5.85. The van der Waals surface area contributed by atoms with Crippen molar-refractivity contribution in [2.24, 2.45) is 0 Å². The summed E-state index contributed by atoms with van der Waals surface area (Å²) in [5.74, 6) is 0.682. The fraction of sp³-hybridized carbons (Fsp3) is 0.786. The summed E-state index contributed by atoms with van der Waals surface area (Å²) in [7, 11) is 0. The van der Waals surface area contributed by atoms with Gasteiger partial charge in [0.25, 0.3) is 0 Å². The van der Waals surface area contributed by atoms with Crippen LogP contribution in [0.25, 0.3) is 0 Å². The van der Waals surface area contributed by atoms with Crippen LogP contribution in [0.4, 0.5) is 0 Å². The smallest absolute Gasteiger partial charge is 0.0765 e. The fourth-order valence-electron chi connectivity index (χ4n) is 2.67. The van der Waals surface area contributed by atoms with Crippen LogP contribution in [0.5, 0.6) is 0 Å². The largest absolute Gasteiger partial charge is 0.294 e. The molecule has 0 bridgehead atoms. The highest BCUT2D eigenvalue weighted by Crippen LogP contribution is 2.28. The molecule has 102 valence electrons. The lowest BCUT2D eigenvalue weighted by Crippen LogP contribution is -2.32. The Balaban J connectivity index is 1.96. The molecule has 1 aliphatic rings. The Morgan fingerprint density at radius 1 is 1.44 bits per heavy atom. The second-order valence-electron chi connectivity index (χ2n) is 5.48. The summed E-state index contributed by atoms with van der Waals surface area (Å²) < 4.78 is 2.17. The highest BCUT2D eigenvalue weighted by Gasteiger charge is 2.18. The summed E-state index contributed by atoms with van der Waals surface area (Å²) in [5, 5.41) is 4.73. The van der Waals surface area contributed by atoms with Crippen LogP contribution >= 0.6 is 11.6 Å². The first-order chi connectivity index (χ1) is 8.70. The van der Waals surface area contributed by atoms with Crippen molar-refractivity contribution in [3.8, 4) is 0 Å². The molecule has 0 aromatic carbocycles. The average Bonchev–Trinajstić information content (AvgIpc) is 2.98. The van der Waals surface area contributed by atoms with Crippen LogP contribution in [0.2, 0.25) is 0 Å². The van der Waals surface area contributed by atoms with Gasteiger partial charge in [-0.05, 0) is 32.8 Å². The third kappa shape index (κ3) is 3.48. The van der Waals surface area contributed by atoms with Crippen molar-refractivity contribution in [1.82, 2.24) is 14.7 Å². The van der Waals surface area contributed by atoms with Crippen molar-refractivity contribution >= 4 is 11.6 Å². The van der Waals surface area contributed by atoms with E-state index >= 15 is 0 Å². The lowest BCUT2D eigenvalue weighted by atomic mass is 10.3. The first-order valence-electron chi connectivity index (χ1n) is 7.04. The van der Waals surface area contributed by atoms with Gasteiger partial charge < -0.3 is 0 Å². The van der Waals surface area contributed by atoms with Crippen LogP contribution in [-0.4, -0.2) is 33.1 Å². The van der Waals surface area contributed by atoms with Crippen LogP contribution in [0.15, 0.2) is 12.3 Å². The van der Waals surface area contributed by atoms with Crippen LogP contribution in [0.3, 0.4) is 0 Å². The third-order valence-electron chi connectivity index (χ3n) is 3.83. The molecule has 1 fully saturated rings. The number of halogens is 1. The van der Waals surface area contributed by atoms with E-state index < -0.39 is 0 Å². The van der Waals surface area contributed by atoms with E-state index in [0.717, 1.165) is 13.1 Å². The molecular formula is C14H24ClN3. The Bertz CT molecular complexity index is 356. The van der Waals surface area contributed by atoms with Crippen LogP contribution in [-0.2, 0) is 6.54 Å². The van der Waals surface area contributed by atoms with Crippen LogP contribution < -0.4 is 0 Å². The van der Waals surface area contributed by atoms with Crippen LogP contribution in [0.1, 0.15) is 51.3 Å². The van der Waals surface area contributed by atoms with Crippen molar-refractivity contribution in [3.63, 3.8) is 0 Å². The van der Waals surface area contributed by atoms with Gasteiger partial charge in [0.1, 0.15) is 0 Å². The Kier molecular flexibility index (Phi) is 5.07. The van der Waals surface area contributed by atoms with E-state index in [-0.39, 0.29) is 0 Å². The first-order valence-corrected chi connectivity index (χ1v) is 7.58. The molecule has 1 aliphatic carbocycles. The SMILES string of the molecule is CC(C)N(CCCl)Cc1ccn(C2CCCC2)n1. The van der Waals surface area contributed by atoms with Gasteiger partial charge in [-0.3, -0.25) is 9.58 Å². The number of aromatic nitrogens is 2. The number of hydrogen-bond acceptors (Lipinski definition) is 2. The molecule has 0 amide bonds. The van der Waals surface area contributed by atoms with Crippen molar-refractivity contribution < 1.29 is 0 Å². The monoisotopic (exact) mass is 269 g/mol. The minimum Gasteiger partial charge on any atom is -0.294 e. The van der Waals surface area contributed by atoms with E-state index in [1.54, 1.807) is 0 Å². The van der Waals surface area contributed by atoms with Gasteiger partial charge in [0.15, 0.2) is 0 Å². The molecule has 0 aliphatic heterocycles. The molecule has 0 spiro atoms. The van der Waals surface area contributed by atoms with Crippen LogP contribution in [0, 0.1) is 0 Å². The predicted molar refractivity (Wildman–Crippen MR) is 76.0 cm³/mol. The topological polar surface area (TPSA) is 21.1 Å². The van der Waals surface area contributed by atoms with E-state index in [4.69, 9.17) is 16.7 Å². The Hall–Kier alpha value is -0.540. The molecule has 4 heteroatoms. The molecule has 0 radical (unpaired) electrons. The standard InChI is InChI=1S/C14H24ClN3/c1-12(2)17(10-8-15)11-13-7-9-18(16-13)14-5-3-4-6-14/h7,9,12,14H,3-6,8,10-11H2,1-2H3. The zero-order valence-corrected chi connectivity index (χ0v) is 12.2. The molecule has 1 aromatic heterocycles. The molecular weight excluding hydrogens is 246 g/mol. The fourth-order valence-corrected chi connectivity index (χ4v) is 2.89. The van der Waals surface area contributed by atoms with E-state index in [9.17, 15) is 0 Å². The highest BCUT2D eigenvalue weighted by molar-refractivity contribution is 6.18. The van der Waals surface area contributed by atoms with Gasteiger partial charge in [0.2, 0.25) is 0 Å². The normalized spacial score (nSPS) is 17.2. The molecule has 18 heavy (non-hydrogen) atoms. The predicted octanol–water partition coefficient (Wildman–Crippen LogP) is 3.45. The molecule has 0 N–H and O–H groups in total. The molecule has 1 aromatic rings.